The summed E-state index contributed by atoms with van der Waals surface area (Å²) in [5, 5.41) is 19.2. The fourth-order valence-electron chi connectivity index (χ4n) is 8.40. The van der Waals surface area contributed by atoms with E-state index in [1.54, 1.807) is 0 Å². The highest BCUT2D eigenvalue weighted by Gasteiger charge is 2.65. The van der Waals surface area contributed by atoms with Crippen LogP contribution in [0.2, 0.25) is 0 Å². The third kappa shape index (κ3) is 2.33. The van der Waals surface area contributed by atoms with E-state index < -0.39 is 0 Å². The van der Waals surface area contributed by atoms with Crippen LogP contribution in [0.25, 0.3) is 0 Å². The first-order valence-electron chi connectivity index (χ1n) is 11.0. The number of allylic oxidation sites excluding steroid dienone is 2. The lowest BCUT2D eigenvalue weighted by Gasteiger charge is -2.60. The van der Waals surface area contributed by atoms with Gasteiger partial charge in [0.25, 0.3) is 0 Å². The molecule has 0 saturated heterocycles. The standard InChI is InChI=1S/C24H32O3/c1-23-10-8-18(26)14-16(23)4-6-19-20(23)9-11-24-17(5-7-21(19)24)13-15(22(24)27)3-2-12-25/h13,16-21,25-26H,4-12,14H2,1H3/t16-,17+,18+,19+,20-,21-,23-,24-/m0/s1. The molecule has 2 N–H and O–H groups in total. The first-order valence-corrected chi connectivity index (χ1v) is 11.0. The molecular formula is C24H32O3. The molecule has 8 atom stereocenters. The van der Waals surface area contributed by atoms with Crippen LogP contribution in [0.1, 0.15) is 64.7 Å². The van der Waals surface area contributed by atoms with Gasteiger partial charge in [-0.1, -0.05) is 24.8 Å². The van der Waals surface area contributed by atoms with Gasteiger partial charge in [-0.2, -0.15) is 0 Å². The van der Waals surface area contributed by atoms with Crippen molar-refractivity contribution in [3.05, 3.63) is 11.6 Å². The average molecular weight is 369 g/mol. The molecule has 0 unspecified atom stereocenters. The topological polar surface area (TPSA) is 57.5 Å². The third-order valence-electron chi connectivity index (χ3n) is 9.55. The van der Waals surface area contributed by atoms with Gasteiger partial charge >= 0.3 is 0 Å². The number of hydrogen-bond acceptors (Lipinski definition) is 3. The van der Waals surface area contributed by atoms with Crippen LogP contribution in [0.5, 0.6) is 0 Å². The number of aliphatic hydroxyl groups excluding tert-OH is 2. The van der Waals surface area contributed by atoms with Gasteiger partial charge in [0.15, 0.2) is 5.78 Å². The van der Waals surface area contributed by atoms with Gasteiger partial charge in [0.2, 0.25) is 0 Å². The average Bonchev–Trinajstić information content (AvgIpc) is 3.15. The minimum absolute atomic E-state index is 0.0984. The van der Waals surface area contributed by atoms with Gasteiger partial charge in [0.05, 0.1) is 11.7 Å². The maximum Gasteiger partial charge on any atom is 0.177 e. The number of aliphatic hydroxyl groups is 2. The number of hydrogen-bond donors (Lipinski definition) is 2. The Balaban J connectivity index is 1.45. The predicted molar refractivity (Wildman–Crippen MR) is 104 cm³/mol. The molecule has 146 valence electrons. The number of ketones is 1. The van der Waals surface area contributed by atoms with Gasteiger partial charge in [-0.25, -0.2) is 0 Å². The van der Waals surface area contributed by atoms with E-state index in [1.807, 2.05) is 0 Å². The van der Waals surface area contributed by atoms with Crippen LogP contribution >= 0.6 is 0 Å². The minimum Gasteiger partial charge on any atom is -0.393 e. The van der Waals surface area contributed by atoms with Crippen molar-refractivity contribution in [1.29, 1.82) is 0 Å². The summed E-state index contributed by atoms with van der Waals surface area (Å²) in [6.45, 7) is 2.32. The summed E-state index contributed by atoms with van der Waals surface area (Å²) in [5.41, 5.74) is 0.854. The molecule has 4 saturated carbocycles. The van der Waals surface area contributed by atoms with Gasteiger partial charge < -0.3 is 10.2 Å². The molecular weight excluding hydrogens is 336 g/mol. The highest BCUT2D eigenvalue weighted by atomic mass is 16.3. The molecule has 4 fully saturated rings. The predicted octanol–water partition coefficient (Wildman–Crippen LogP) is 3.49. The highest BCUT2D eigenvalue weighted by Crippen LogP contribution is 2.69. The van der Waals surface area contributed by atoms with E-state index in [0.717, 1.165) is 38.0 Å². The number of fused-ring (bicyclic) bond motifs is 4. The molecule has 0 amide bonds. The minimum atomic E-state index is -0.183. The Hall–Kier alpha value is -1.11. The SMILES string of the molecule is C[C@]12CC[C@@H](O)C[C@@H]1CC[C@@H]1[C@@H]2CC[C@]23C(=O)C(C#CCO)=C[C@H]2CC[C@@H]13. The number of rotatable bonds is 0. The zero-order chi connectivity index (χ0) is 18.8. The van der Waals surface area contributed by atoms with Gasteiger partial charge in [0.1, 0.15) is 6.61 Å². The van der Waals surface area contributed by atoms with Crippen molar-refractivity contribution in [1.82, 2.24) is 0 Å². The second-order valence-corrected chi connectivity index (χ2v) is 10.2. The Bertz CT molecular complexity index is 742. The Labute approximate surface area is 162 Å². The van der Waals surface area contributed by atoms with E-state index in [1.165, 1.54) is 25.7 Å². The summed E-state index contributed by atoms with van der Waals surface area (Å²) in [4.78, 5) is 13.4. The first-order chi connectivity index (χ1) is 13.0. The lowest BCUT2D eigenvalue weighted by molar-refractivity contribution is -0.148. The van der Waals surface area contributed by atoms with Gasteiger partial charge in [0, 0.05) is 5.41 Å². The maximum atomic E-state index is 13.4. The van der Waals surface area contributed by atoms with Crippen molar-refractivity contribution in [2.75, 3.05) is 6.61 Å². The Kier molecular flexibility index (Phi) is 4.12. The molecule has 5 rings (SSSR count). The number of carbonyl (C=O) groups is 1. The molecule has 5 aliphatic rings. The number of carbonyl (C=O) groups excluding carboxylic acids is 1. The van der Waals surface area contributed by atoms with E-state index in [0.29, 0.717) is 40.4 Å². The van der Waals surface area contributed by atoms with Crippen molar-refractivity contribution >= 4 is 5.78 Å². The fourth-order valence-corrected chi connectivity index (χ4v) is 8.40. The largest absolute Gasteiger partial charge is 0.393 e. The molecule has 0 aromatic carbocycles. The third-order valence-corrected chi connectivity index (χ3v) is 9.55. The van der Waals surface area contributed by atoms with Crippen LogP contribution in [0.15, 0.2) is 11.6 Å². The normalized spacial score (nSPS) is 50.6. The molecule has 27 heavy (non-hydrogen) atoms. The van der Waals surface area contributed by atoms with Gasteiger partial charge in [-0.15, -0.1) is 0 Å². The van der Waals surface area contributed by atoms with Crippen molar-refractivity contribution in [2.24, 2.45) is 40.4 Å². The summed E-state index contributed by atoms with van der Waals surface area (Å²) in [7, 11) is 0. The van der Waals surface area contributed by atoms with Crippen LogP contribution in [-0.4, -0.2) is 28.7 Å². The summed E-state index contributed by atoms with van der Waals surface area (Å²) in [6.07, 6.45) is 12.1. The quantitative estimate of drug-likeness (QED) is 0.644. The fraction of sp³-hybridized carbons (Fsp3) is 0.792. The van der Waals surface area contributed by atoms with Gasteiger partial charge in [-0.05, 0) is 92.8 Å². The summed E-state index contributed by atoms with van der Waals surface area (Å²) in [6, 6.07) is 0. The summed E-state index contributed by atoms with van der Waals surface area (Å²) in [5.74, 6) is 8.89. The summed E-state index contributed by atoms with van der Waals surface area (Å²) >= 11 is 0. The van der Waals surface area contributed by atoms with Crippen molar-refractivity contribution in [2.45, 2.75) is 70.8 Å². The molecule has 0 heterocycles. The molecule has 0 aliphatic heterocycles. The van der Waals surface area contributed by atoms with Crippen molar-refractivity contribution in [3.8, 4) is 11.8 Å². The Morgan fingerprint density at radius 1 is 1.11 bits per heavy atom. The summed E-state index contributed by atoms with van der Waals surface area (Å²) < 4.78 is 0. The monoisotopic (exact) mass is 368 g/mol. The zero-order valence-corrected chi connectivity index (χ0v) is 16.4. The van der Waals surface area contributed by atoms with Crippen LogP contribution < -0.4 is 0 Å². The first kappa shape index (κ1) is 18.0. The van der Waals surface area contributed by atoms with E-state index >= 15 is 0 Å². The zero-order valence-electron chi connectivity index (χ0n) is 16.4. The lowest BCUT2D eigenvalue weighted by atomic mass is 9.44. The molecule has 0 aromatic rings. The van der Waals surface area contributed by atoms with Crippen LogP contribution in [0, 0.1) is 52.3 Å². The van der Waals surface area contributed by atoms with E-state index in [-0.39, 0.29) is 18.1 Å². The molecule has 3 nitrogen and oxygen atoms in total. The molecule has 0 bridgehead atoms. The molecule has 5 aliphatic carbocycles. The van der Waals surface area contributed by atoms with E-state index in [9.17, 15) is 9.90 Å². The maximum absolute atomic E-state index is 13.4. The Morgan fingerprint density at radius 3 is 2.78 bits per heavy atom. The highest BCUT2D eigenvalue weighted by molar-refractivity contribution is 6.07. The molecule has 0 aromatic heterocycles. The second kappa shape index (κ2) is 6.19. The van der Waals surface area contributed by atoms with Gasteiger partial charge in [-0.3, -0.25) is 4.79 Å². The molecule has 0 radical (unpaired) electrons. The van der Waals surface area contributed by atoms with Crippen LogP contribution in [0.4, 0.5) is 0 Å². The Morgan fingerprint density at radius 2 is 1.96 bits per heavy atom. The van der Waals surface area contributed by atoms with Crippen LogP contribution in [-0.2, 0) is 4.79 Å². The van der Waals surface area contributed by atoms with Crippen molar-refractivity contribution < 1.29 is 15.0 Å². The molecule has 1 spiro atoms. The van der Waals surface area contributed by atoms with Crippen LogP contribution in [0.3, 0.4) is 0 Å². The smallest absolute Gasteiger partial charge is 0.177 e. The van der Waals surface area contributed by atoms with E-state index in [4.69, 9.17) is 5.11 Å². The second-order valence-electron chi connectivity index (χ2n) is 10.2. The number of Topliss-reactive ketones (excluding diaryl/α,β-unsaturated/α-hetero) is 1. The molecule has 3 heteroatoms. The lowest BCUT2D eigenvalue weighted by Crippen LogP contribution is -2.55. The van der Waals surface area contributed by atoms with Crippen molar-refractivity contribution in [3.63, 3.8) is 0 Å². The van der Waals surface area contributed by atoms with E-state index in [2.05, 4.69) is 24.8 Å².